The molecular formula is C15H15NO2S. The minimum Gasteiger partial charge on any atom is -0.241 e. The van der Waals surface area contributed by atoms with Crippen LogP contribution in [0, 0.1) is 0 Å². The van der Waals surface area contributed by atoms with Gasteiger partial charge in [-0.2, -0.15) is 0 Å². The summed E-state index contributed by atoms with van der Waals surface area (Å²) in [6, 6.07) is 7.69. The number of allylic oxidation sites excluding steroid dienone is 4. The molecule has 1 aliphatic carbocycles. The van der Waals surface area contributed by atoms with Gasteiger partial charge in [-0.15, -0.1) is 0 Å². The molecule has 0 atom stereocenters. The van der Waals surface area contributed by atoms with Gasteiger partial charge in [0, 0.05) is 18.0 Å². The van der Waals surface area contributed by atoms with Gasteiger partial charge < -0.3 is 0 Å². The lowest BCUT2D eigenvalue weighted by molar-refractivity contribution is 0.594. The number of aryl methyl sites for hydroxylation is 1. The van der Waals surface area contributed by atoms with Crippen LogP contribution in [0.15, 0.2) is 53.6 Å². The van der Waals surface area contributed by atoms with Crippen molar-refractivity contribution in [3.8, 4) is 0 Å². The Labute approximate surface area is 112 Å². The smallest absolute Gasteiger partial charge is 0.241 e. The quantitative estimate of drug-likeness (QED) is 0.861. The Morgan fingerprint density at radius 3 is 2.79 bits per heavy atom. The molecule has 0 saturated heterocycles. The first-order chi connectivity index (χ1) is 9.14. The molecule has 0 amide bonds. The van der Waals surface area contributed by atoms with Crippen LogP contribution >= 0.6 is 0 Å². The van der Waals surface area contributed by atoms with Gasteiger partial charge in [-0.25, -0.2) is 12.4 Å². The maximum atomic E-state index is 12.6. The van der Waals surface area contributed by atoms with Crippen LogP contribution in [0.1, 0.15) is 18.9 Å². The Hall–Kier alpha value is -1.81. The average molecular weight is 273 g/mol. The lowest BCUT2D eigenvalue weighted by Gasteiger charge is -2.08. The fourth-order valence-corrected chi connectivity index (χ4v) is 3.92. The van der Waals surface area contributed by atoms with Gasteiger partial charge in [0.2, 0.25) is 0 Å². The number of aromatic nitrogens is 1. The minimum absolute atomic E-state index is 0.451. The Morgan fingerprint density at radius 2 is 2.11 bits per heavy atom. The van der Waals surface area contributed by atoms with Crippen LogP contribution < -0.4 is 0 Å². The van der Waals surface area contributed by atoms with Gasteiger partial charge in [0.25, 0.3) is 10.0 Å². The first-order valence-electron chi connectivity index (χ1n) is 6.35. The Morgan fingerprint density at radius 1 is 1.26 bits per heavy atom. The lowest BCUT2D eigenvalue weighted by Crippen LogP contribution is -2.12. The van der Waals surface area contributed by atoms with E-state index in [0.717, 1.165) is 17.3 Å². The Bertz CT molecular complexity index is 795. The molecule has 98 valence electrons. The number of benzene rings is 1. The van der Waals surface area contributed by atoms with Crippen molar-refractivity contribution in [2.75, 3.05) is 0 Å². The highest BCUT2D eigenvalue weighted by atomic mass is 32.2. The lowest BCUT2D eigenvalue weighted by atomic mass is 10.1. The van der Waals surface area contributed by atoms with E-state index in [4.69, 9.17) is 0 Å². The zero-order valence-electron chi connectivity index (χ0n) is 10.7. The molecule has 4 heteroatoms. The summed E-state index contributed by atoms with van der Waals surface area (Å²) in [5, 5.41) is 1.01. The molecule has 0 radical (unpaired) electrons. The second-order valence-corrected chi connectivity index (χ2v) is 6.45. The molecule has 0 spiro atoms. The second-order valence-electron chi connectivity index (χ2n) is 4.59. The van der Waals surface area contributed by atoms with E-state index in [1.165, 1.54) is 9.54 Å². The summed E-state index contributed by atoms with van der Waals surface area (Å²) in [7, 11) is -3.43. The van der Waals surface area contributed by atoms with E-state index < -0.39 is 10.0 Å². The molecule has 19 heavy (non-hydrogen) atoms. The van der Waals surface area contributed by atoms with Crippen molar-refractivity contribution in [3.63, 3.8) is 0 Å². The second kappa shape index (κ2) is 4.38. The van der Waals surface area contributed by atoms with Gasteiger partial charge >= 0.3 is 0 Å². The normalized spacial score (nSPS) is 15.1. The van der Waals surface area contributed by atoms with Crippen LogP contribution in [0.2, 0.25) is 0 Å². The zero-order valence-corrected chi connectivity index (χ0v) is 11.5. The molecule has 0 aliphatic heterocycles. The highest BCUT2D eigenvalue weighted by Crippen LogP contribution is 2.27. The largest absolute Gasteiger partial charge is 0.264 e. The molecule has 0 N–H and O–H groups in total. The van der Waals surface area contributed by atoms with E-state index in [9.17, 15) is 8.42 Å². The SMILES string of the molecule is CCc1cccc2c1ccn2S(=O)(=O)C1=CC=CC1. The predicted octanol–water partition coefficient (Wildman–Crippen LogP) is 3.23. The van der Waals surface area contributed by atoms with E-state index in [1.54, 1.807) is 18.3 Å². The molecule has 2 aromatic rings. The molecular weight excluding hydrogens is 258 g/mol. The average Bonchev–Trinajstić information content (AvgIpc) is 3.07. The third-order valence-electron chi connectivity index (χ3n) is 3.50. The van der Waals surface area contributed by atoms with Crippen LogP contribution in [0.25, 0.3) is 10.9 Å². The molecule has 1 heterocycles. The summed E-state index contributed by atoms with van der Waals surface area (Å²) < 4.78 is 26.5. The van der Waals surface area contributed by atoms with Gasteiger partial charge in [0.1, 0.15) is 0 Å². The Balaban J connectivity index is 2.22. The molecule has 3 rings (SSSR count). The first kappa shape index (κ1) is 12.2. The Kier molecular flexibility index (Phi) is 2.82. The maximum absolute atomic E-state index is 12.6. The predicted molar refractivity (Wildman–Crippen MR) is 77.5 cm³/mol. The highest BCUT2D eigenvalue weighted by molar-refractivity contribution is 7.94. The zero-order chi connectivity index (χ0) is 13.5. The molecule has 1 aromatic carbocycles. The molecule has 1 aromatic heterocycles. The van der Waals surface area contributed by atoms with E-state index in [0.29, 0.717) is 11.3 Å². The summed E-state index contributed by atoms with van der Waals surface area (Å²) >= 11 is 0. The molecule has 0 saturated carbocycles. The van der Waals surface area contributed by atoms with Crippen LogP contribution in [0.3, 0.4) is 0 Å². The number of hydrogen-bond donors (Lipinski definition) is 0. The van der Waals surface area contributed by atoms with E-state index in [1.807, 2.05) is 30.3 Å². The highest BCUT2D eigenvalue weighted by Gasteiger charge is 2.22. The van der Waals surface area contributed by atoms with Crippen LogP contribution in [-0.2, 0) is 16.4 Å². The summed E-state index contributed by atoms with van der Waals surface area (Å²) in [6.45, 7) is 2.07. The minimum atomic E-state index is -3.43. The van der Waals surface area contributed by atoms with Crippen molar-refractivity contribution in [3.05, 3.63) is 59.2 Å². The van der Waals surface area contributed by atoms with Crippen molar-refractivity contribution in [2.24, 2.45) is 0 Å². The topological polar surface area (TPSA) is 39.1 Å². The van der Waals surface area contributed by atoms with Crippen LogP contribution in [0.4, 0.5) is 0 Å². The van der Waals surface area contributed by atoms with Crippen molar-refractivity contribution in [1.29, 1.82) is 0 Å². The third kappa shape index (κ3) is 1.83. The van der Waals surface area contributed by atoms with E-state index in [-0.39, 0.29) is 0 Å². The van der Waals surface area contributed by atoms with Crippen LogP contribution in [-0.4, -0.2) is 12.4 Å². The number of nitrogens with zero attached hydrogens (tertiary/aromatic N) is 1. The van der Waals surface area contributed by atoms with E-state index in [2.05, 4.69) is 6.92 Å². The number of rotatable bonds is 3. The van der Waals surface area contributed by atoms with Gasteiger partial charge in [-0.1, -0.05) is 31.2 Å². The van der Waals surface area contributed by atoms with Gasteiger partial charge in [-0.05, 0) is 30.2 Å². The maximum Gasteiger partial charge on any atom is 0.264 e. The number of hydrogen-bond acceptors (Lipinski definition) is 2. The van der Waals surface area contributed by atoms with Crippen molar-refractivity contribution in [2.45, 2.75) is 19.8 Å². The molecule has 0 fully saturated rings. The van der Waals surface area contributed by atoms with Gasteiger partial charge in [-0.3, -0.25) is 0 Å². The van der Waals surface area contributed by atoms with Crippen LogP contribution in [0.5, 0.6) is 0 Å². The fraction of sp³-hybridized carbons (Fsp3) is 0.200. The molecule has 0 bridgehead atoms. The van der Waals surface area contributed by atoms with Gasteiger partial charge in [0.05, 0.1) is 10.4 Å². The summed E-state index contributed by atoms with van der Waals surface area (Å²) in [5.74, 6) is 0. The standard InChI is InChI=1S/C15H15NO2S/c1-2-12-6-5-9-15-14(12)10-11-16(15)19(17,18)13-7-3-4-8-13/h3-7,9-11H,2,8H2,1H3. The van der Waals surface area contributed by atoms with Crippen molar-refractivity contribution >= 4 is 20.9 Å². The summed E-state index contributed by atoms with van der Waals surface area (Å²) in [4.78, 5) is 0.451. The van der Waals surface area contributed by atoms with Crippen molar-refractivity contribution in [1.82, 2.24) is 3.97 Å². The fourth-order valence-electron chi connectivity index (χ4n) is 2.47. The molecule has 3 nitrogen and oxygen atoms in total. The summed E-state index contributed by atoms with van der Waals surface area (Å²) in [5.41, 5.74) is 1.93. The first-order valence-corrected chi connectivity index (χ1v) is 7.79. The van der Waals surface area contributed by atoms with Crippen molar-refractivity contribution < 1.29 is 8.42 Å². The van der Waals surface area contributed by atoms with Gasteiger partial charge in [0.15, 0.2) is 0 Å². The summed E-state index contributed by atoms with van der Waals surface area (Å²) in [6.07, 6.45) is 8.34. The molecule has 0 unspecified atom stereocenters. The molecule has 1 aliphatic rings. The number of fused-ring (bicyclic) bond motifs is 1. The monoisotopic (exact) mass is 273 g/mol. The van der Waals surface area contributed by atoms with E-state index >= 15 is 0 Å². The third-order valence-corrected chi connectivity index (χ3v) is 5.30.